The van der Waals surface area contributed by atoms with Crippen molar-refractivity contribution in [2.24, 2.45) is 0 Å². The van der Waals surface area contributed by atoms with Crippen molar-refractivity contribution < 1.29 is 19.0 Å². The van der Waals surface area contributed by atoms with Crippen LogP contribution in [0.4, 0.5) is 0 Å². The summed E-state index contributed by atoms with van der Waals surface area (Å²) >= 11 is 0. The summed E-state index contributed by atoms with van der Waals surface area (Å²) in [6.45, 7) is 0.417. The van der Waals surface area contributed by atoms with Gasteiger partial charge in [0, 0.05) is 6.54 Å². The smallest absolute Gasteiger partial charge is 0.207 e. The Bertz CT molecular complexity index is 340. The molecule has 0 aliphatic carbocycles. The molecular formula is C11H15NO4. The number of rotatable bonds is 6. The van der Waals surface area contributed by atoms with E-state index in [9.17, 15) is 4.79 Å². The first-order chi connectivity index (χ1) is 7.76. The first kappa shape index (κ1) is 12.2. The molecule has 1 N–H and O–H groups in total. The molecule has 0 fully saturated rings. The summed E-state index contributed by atoms with van der Waals surface area (Å²) in [5.41, 5.74) is 0.876. The molecule has 0 aliphatic rings. The van der Waals surface area contributed by atoms with E-state index in [1.807, 2.05) is 0 Å². The molecule has 0 atom stereocenters. The van der Waals surface area contributed by atoms with Gasteiger partial charge >= 0.3 is 0 Å². The van der Waals surface area contributed by atoms with Gasteiger partial charge < -0.3 is 19.5 Å². The predicted octanol–water partition coefficient (Wildman–Crippen LogP) is 0.958. The molecule has 0 saturated heterocycles. The molecule has 0 aliphatic heterocycles. The largest absolute Gasteiger partial charge is 0.493 e. The lowest BCUT2D eigenvalue weighted by atomic mass is 10.2. The van der Waals surface area contributed by atoms with Crippen molar-refractivity contribution in [2.45, 2.75) is 6.54 Å². The molecule has 0 bridgehead atoms. The fourth-order valence-electron chi connectivity index (χ4n) is 1.40. The van der Waals surface area contributed by atoms with Crippen molar-refractivity contribution in [1.82, 2.24) is 5.32 Å². The number of carbonyl (C=O) groups excluding carboxylic acids is 1. The van der Waals surface area contributed by atoms with Crippen LogP contribution in [-0.4, -0.2) is 27.7 Å². The van der Waals surface area contributed by atoms with Gasteiger partial charge in [0.05, 0.1) is 21.3 Å². The van der Waals surface area contributed by atoms with Crippen LogP contribution in [0.3, 0.4) is 0 Å². The highest BCUT2D eigenvalue weighted by atomic mass is 16.5. The number of methoxy groups -OCH3 is 3. The molecule has 1 rings (SSSR count). The predicted molar refractivity (Wildman–Crippen MR) is 59.0 cm³/mol. The molecule has 0 heterocycles. The number of amides is 1. The molecule has 5 heteroatoms. The molecule has 88 valence electrons. The normalized spacial score (nSPS) is 9.44. The average molecular weight is 225 g/mol. The molecule has 0 radical (unpaired) electrons. The van der Waals surface area contributed by atoms with Gasteiger partial charge in [-0.1, -0.05) is 0 Å². The van der Waals surface area contributed by atoms with Crippen LogP contribution < -0.4 is 19.5 Å². The van der Waals surface area contributed by atoms with Crippen LogP contribution in [0.25, 0.3) is 0 Å². The Hall–Kier alpha value is -1.91. The highest BCUT2D eigenvalue weighted by Gasteiger charge is 2.12. The van der Waals surface area contributed by atoms with Crippen molar-refractivity contribution in [3.05, 3.63) is 17.7 Å². The van der Waals surface area contributed by atoms with Crippen LogP contribution in [0.15, 0.2) is 12.1 Å². The molecule has 16 heavy (non-hydrogen) atoms. The summed E-state index contributed by atoms with van der Waals surface area (Å²) in [4.78, 5) is 10.2. The van der Waals surface area contributed by atoms with Crippen LogP contribution in [0.5, 0.6) is 17.2 Å². The fraction of sp³-hybridized carbons (Fsp3) is 0.364. The quantitative estimate of drug-likeness (QED) is 0.732. The van der Waals surface area contributed by atoms with Gasteiger partial charge in [0.25, 0.3) is 0 Å². The van der Waals surface area contributed by atoms with Gasteiger partial charge in [-0.2, -0.15) is 0 Å². The second-order valence-electron chi connectivity index (χ2n) is 3.03. The first-order valence-corrected chi connectivity index (χ1v) is 4.72. The highest BCUT2D eigenvalue weighted by Crippen LogP contribution is 2.38. The minimum absolute atomic E-state index is 0.417. The minimum atomic E-state index is 0.417. The lowest BCUT2D eigenvalue weighted by molar-refractivity contribution is -0.109. The van der Waals surface area contributed by atoms with E-state index in [0.29, 0.717) is 30.2 Å². The Labute approximate surface area is 94.3 Å². The third kappa shape index (κ3) is 2.56. The van der Waals surface area contributed by atoms with E-state index in [2.05, 4.69) is 5.32 Å². The summed E-state index contributed by atoms with van der Waals surface area (Å²) < 4.78 is 15.5. The minimum Gasteiger partial charge on any atom is -0.493 e. The van der Waals surface area contributed by atoms with E-state index in [1.54, 1.807) is 33.5 Å². The van der Waals surface area contributed by atoms with Crippen LogP contribution in [0.1, 0.15) is 5.56 Å². The standard InChI is InChI=1S/C11H15NO4/c1-14-9-4-8(6-12-7-13)5-10(15-2)11(9)16-3/h4-5,7H,6H2,1-3H3,(H,12,13). The molecule has 0 unspecified atom stereocenters. The summed E-state index contributed by atoms with van der Waals surface area (Å²) in [6.07, 6.45) is 0.642. The van der Waals surface area contributed by atoms with Gasteiger partial charge in [-0.15, -0.1) is 0 Å². The second kappa shape index (κ2) is 5.85. The third-order valence-corrected chi connectivity index (χ3v) is 2.11. The fourth-order valence-corrected chi connectivity index (χ4v) is 1.40. The van der Waals surface area contributed by atoms with Gasteiger partial charge in [0.2, 0.25) is 12.2 Å². The van der Waals surface area contributed by atoms with Gasteiger partial charge in [0.15, 0.2) is 11.5 Å². The Morgan fingerprint density at radius 1 is 1.12 bits per heavy atom. The van der Waals surface area contributed by atoms with E-state index >= 15 is 0 Å². The molecular weight excluding hydrogens is 210 g/mol. The molecule has 1 amide bonds. The van der Waals surface area contributed by atoms with Crippen LogP contribution in [-0.2, 0) is 11.3 Å². The summed E-state index contributed by atoms with van der Waals surface area (Å²) in [5.74, 6) is 1.69. The zero-order chi connectivity index (χ0) is 12.0. The summed E-state index contributed by atoms with van der Waals surface area (Å²) in [7, 11) is 4.65. The number of hydrogen-bond donors (Lipinski definition) is 1. The van der Waals surface area contributed by atoms with Gasteiger partial charge in [-0.25, -0.2) is 0 Å². The van der Waals surface area contributed by atoms with Crippen molar-refractivity contribution in [1.29, 1.82) is 0 Å². The zero-order valence-electron chi connectivity index (χ0n) is 9.57. The molecule has 5 nitrogen and oxygen atoms in total. The van der Waals surface area contributed by atoms with Crippen molar-refractivity contribution >= 4 is 6.41 Å². The van der Waals surface area contributed by atoms with Crippen LogP contribution >= 0.6 is 0 Å². The summed E-state index contributed by atoms with van der Waals surface area (Å²) in [6, 6.07) is 3.58. The molecule has 1 aromatic rings. The molecule has 1 aromatic carbocycles. The number of carbonyl (C=O) groups is 1. The number of ether oxygens (including phenoxy) is 3. The highest BCUT2D eigenvalue weighted by molar-refractivity contribution is 5.54. The number of benzene rings is 1. The maximum Gasteiger partial charge on any atom is 0.207 e. The van der Waals surface area contributed by atoms with E-state index in [1.165, 1.54) is 0 Å². The van der Waals surface area contributed by atoms with Gasteiger partial charge in [0.1, 0.15) is 0 Å². The third-order valence-electron chi connectivity index (χ3n) is 2.11. The van der Waals surface area contributed by atoms with Gasteiger partial charge in [-0.3, -0.25) is 4.79 Å². The number of hydrogen-bond acceptors (Lipinski definition) is 4. The van der Waals surface area contributed by atoms with Gasteiger partial charge in [-0.05, 0) is 17.7 Å². The molecule has 0 spiro atoms. The monoisotopic (exact) mass is 225 g/mol. The Morgan fingerprint density at radius 3 is 2.06 bits per heavy atom. The first-order valence-electron chi connectivity index (χ1n) is 4.72. The topological polar surface area (TPSA) is 56.8 Å². The Kier molecular flexibility index (Phi) is 4.44. The Morgan fingerprint density at radius 2 is 1.69 bits per heavy atom. The molecule has 0 aromatic heterocycles. The summed E-state index contributed by atoms with van der Waals surface area (Å²) in [5, 5.41) is 2.57. The maximum atomic E-state index is 10.2. The van der Waals surface area contributed by atoms with E-state index in [0.717, 1.165) is 5.56 Å². The zero-order valence-corrected chi connectivity index (χ0v) is 9.57. The van der Waals surface area contributed by atoms with Crippen molar-refractivity contribution in [2.75, 3.05) is 21.3 Å². The van der Waals surface area contributed by atoms with Crippen LogP contribution in [0.2, 0.25) is 0 Å². The maximum absolute atomic E-state index is 10.2. The van der Waals surface area contributed by atoms with E-state index in [4.69, 9.17) is 14.2 Å². The SMILES string of the molecule is COc1cc(CNC=O)cc(OC)c1OC. The average Bonchev–Trinajstić information content (AvgIpc) is 2.34. The van der Waals surface area contributed by atoms with Crippen LogP contribution in [0, 0.1) is 0 Å². The number of nitrogens with one attached hydrogen (secondary N) is 1. The van der Waals surface area contributed by atoms with Crippen molar-refractivity contribution in [3.63, 3.8) is 0 Å². The second-order valence-corrected chi connectivity index (χ2v) is 3.03. The van der Waals surface area contributed by atoms with E-state index in [-0.39, 0.29) is 0 Å². The lowest BCUT2D eigenvalue weighted by Crippen LogP contribution is -2.10. The molecule has 0 saturated carbocycles. The van der Waals surface area contributed by atoms with Crippen molar-refractivity contribution in [3.8, 4) is 17.2 Å². The lowest BCUT2D eigenvalue weighted by Gasteiger charge is -2.13. The van der Waals surface area contributed by atoms with E-state index < -0.39 is 0 Å². The Balaban J connectivity index is 3.09.